The van der Waals surface area contributed by atoms with E-state index in [9.17, 15) is 4.79 Å². The van der Waals surface area contributed by atoms with Gasteiger partial charge in [0.15, 0.2) is 0 Å². The zero-order valence-corrected chi connectivity index (χ0v) is 9.79. The zero-order valence-electron chi connectivity index (χ0n) is 9.79. The summed E-state index contributed by atoms with van der Waals surface area (Å²) >= 11 is 0. The molecule has 2 nitrogen and oxygen atoms in total. The number of carbonyl (C=O) groups is 1. The van der Waals surface area contributed by atoms with Crippen LogP contribution in [0.3, 0.4) is 0 Å². The minimum absolute atomic E-state index is 0.115. The van der Waals surface area contributed by atoms with Crippen molar-refractivity contribution in [1.82, 2.24) is 0 Å². The Balaban J connectivity index is 2.00. The number of unbranched alkanes of at least 4 members (excludes halogenated alkanes) is 3. The second-order valence-electron chi connectivity index (χ2n) is 4.36. The first-order valence-corrected chi connectivity index (χ1v) is 6.12. The second kappa shape index (κ2) is 5.15. The Labute approximate surface area is 96.6 Å². The summed E-state index contributed by atoms with van der Waals surface area (Å²) in [5.74, 6) is 0.661. The van der Waals surface area contributed by atoms with E-state index in [0.29, 0.717) is 6.42 Å². The van der Waals surface area contributed by atoms with Crippen molar-refractivity contribution >= 4 is 5.97 Å². The molecule has 0 amide bonds. The van der Waals surface area contributed by atoms with Crippen LogP contribution in [0.25, 0.3) is 0 Å². The Kier molecular flexibility index (Phi) is 3.60. The van der Waals surface area contributed by atoms with Crippen molar-refractivity contribution < 1.29 is 9.53 Å². The van der Waals surface area contributed by atoms with Crippen molar-refractivity contribution in [3.8, 4) is 5.75 Å². The third kappa shape index (κ3) is 2.43. The van der Waals surface area contributed by atoms with Gasteiger partial charge in [0.25, 0.3) is 0 Å². The maximum absolute atomic E-state index is 11.2. The maximum atomic E-state index is 11.2. The molecule has 0 N–H and O–H groups in total. The van der Waals surface area contributed by atoms with Gasteiger partial charge in [-0.15, -0.1) is 0 Å². The van der Waals surface area contributed by atoms with E-state index in [-0.39, 0.29) is 5.97 Å². The molecule has 0 aliphatic carbocycles. The molecule has 0 radical (unpaired) electrons. The Morgan fingerprint density at radius 1 is 1.25 bits per heavy atom. The first-order valence-electron chi connectivity index (χ1n) is 6.12. The fraction of sp³-hybridized carbons (Fsp3) is 0.500. The summed E-state index contributed by atoms with van der Waals surface area (Å²) in [5.41, 5.74) is 2.41. The van der Waals surface area contributed by atoms with Crippen LogP contribution in [-0.4, -0.2) is 5.97 Å². The van der Waals surface area contributed by atoms with Crippen molar-refractivity contribution in [1.29, 1.82) is 0 Å². The van der Waals surface area contributed by atoms with E-state index in [1.807, 2.05) is 12.1 Å². The van der Waals surface area contributed by atoms with Gasteiger partial charge in [-0.1, -0.05) is 38.3 Å². The zero-order chi connectivity index (χ0) is 11.4. The van der Waals surface area contributed by atoms with Gasteiger partial charge >= 0.3 is 5.97 Å². The normalized spacial score (nSPS) is 13.7. The van der Waals surface area contributed by atoms with Crippen LogP contribution >= 0.6 is 0 Å². The third-order valence-electron chi connectivity index (χ3n) is 3.07. The van der Waals surface area contributed by atoms with Gasteiger partial charge in [0.1, 0.15) is 5.75 Å². The Hall–Kier alpha value is -1.31. The summed E-state index contributed by atoms with van der Waals surface area (Å²) in [4.78, 5) is 11.2. The highest BCUT2D eigenvalue weighted by atomic mass is 16.5. The van der Waals surface area contributed by atoms with E-state index in [4.69, 9.17) is 4.74 Å². The fourth-order valence-electron chi connectivity index (χ4n) is 2.19. The smallest absolute Gasteiger partial charge is 0.315 e. The SMILES string of the molecule is CCCCCCc1cccc2c1CC(=O)O2. The summed E-state index contributed by atoms with van der Waals surface area (Å²) in [6.45, 7) is 2.22. The number of carbonyl (C=O) groups excluding carboxylic acids is 1. The first-order chi connectivity index (χ1) is 7.81. The van der Waals surface area contributed by atoms with Gasteiger partial charge in [-0.2, -0.15) is 0 Å². The number of fused-ring (bicyclic) bond motifs is 1. The van der Waals surface area contributed by atoms with E-state index < -0.39 is 0 Å². The maximum Gasteiger partial charge on any atom is 0.315 e. The molecule has 86 valence electrons. The lowest BCUT2D eigenvalue weighted by Crippen LogP contribution is -2.00. The molecule has 0 saturated carbocycles. The molecule has 0 bridgehead atoms. The number of aryl methyl sites for hydroxylation is 1. The van der Waals surface area contributed by atoms with Crippen LogP contribution in [0.2, 0.25) is 0 Å². The van der Waals surface area contributed by atoms with E-state index in [1.165, 1.54) is 31.2 Å². The van der Waals surface area contributed by atoms with Crippen LogP contribution in [0, 0.1) is 0 Å². The van der Waals surface area contributed by atoms with E-state index in [2.05, 4.69) is 13.0 Å². The van der Waals surface area contributed by atoms with Crippen LogP contribution < -0.4 is 4.74 Å². The highest BCUT2D eigenvalue weighted by Gasteiger charge is 2.22. The van der Waals surface area contributed by atoms with Gasteiger partial charge in [0.05, 0.1) is 6.42 Å². The summed E-state index contributed by atoms with van der Waals surface area (Å²) in [7, 11) is 0. The molecule has 1 aliphatic heterocycles. The molecular formula is C14H18O2. The number of ether oxygens (including phenoxy) is 1. The summed E-state index contributed by atoms with van der Waals surface area (Å²) in [6, 6.07) is 5.98. The molecule has 0 fully saturated rings. The molecule has 0 spiro atoms. The summed E-state index contributed by atoms with van der Waals surface area (Å²) < 4.78 is 5.14. The standard InChI is InChI=1S/C14H18O2/c1-2-3-4-5-7-11-8-6-9-13-12(11)10-14(15)16-13/h6,8-9H,2-5,7,10H2,1H3. The van der Waals surface area contributed by atoms with E-state index in [1.54, 1.807) is 0 Å². The summed E-state index contributed by atoms with van der Waals surface area (Å²) in [5, 5.41) is 0. The van der Waals surface area contributed by atoms with Crippen LogP contribution in [-0.2, 0) is 17.6 Å². The molecular weight excluding hydrogens is 200 g/mol. The minimum Gasteiger partial charge on any atom is -0.426 e. The van der Waals surface area contributed by atoms with Crippen LogP contribution in [0.4, 0.5) is 0 Å². The molecule has 0 aromatic heterocycles. The lowest BCUT2D eigenvalue weighted by atomic mass is 9.99. The van der Waals surface area contributed by atoms with Gasteiger partial charge < -0.3 is 4.74 Å². The highest BCUT2D eigenvalue weighted by molar-refractivity contribution is 5.81. The van der Waals surface area contributed by atoms with E-state index >= 15 is 0 Å². The van der Waals surface area contributed by atoms with Crippen LogP contribution in [0.5, 0.6) is 5.75 Å². The number of hydrogen-bond donors (Lipinski definition) is 0. The highest BCUT2D eigenvalue weighted by Crippen LogP contribution is 2.29. The Morgan fingerprint density at radius 3 is 2.94 bits per heavy atom. The molecule has 1 aromatic carbocycles. The lowest BCUT2D eigenvalue weighted by Gasteiger charge is -2.05. The van der Waals surface area contributed by atoms with Gasteiger partial charge in [-0.25, -0.2) is 0 Å². The summed E-state index contributed by atoms with van der Waals surface area (Å²) in [6.07, 6.45) is 6.56. The van der Waals surface area contributed by atoms with Crippen LogP contribution in [0.1, 0.15) is 43.7 Å². The minimum atomic E-state index is -0.115. The second-order valence-corrected chi connectivity index (χ2v) is 4.36. The van der Waals surface area contributed by atoms with Crippen molar-refractivity contribution in [2.45, 2.75) is 45.4 Å². The van der Waals surface area contributed by atoms with Gasteiger partial charge in [0, 0.05) is 5.56 Å². The Morgan fingerprint density at radius 2 is 2.12 bits per heavy atom. The molecule has 0 saturated heterocycles. The first kappa shape index (κ1) is 11.2. The van der Waals surface area contributed by atoms with Gasteiger partial charge in [-0.3, -0.25) is 4.79 Å². The largest absolute Gasteiger partial charge is 0.426 e. The van der Waals surface area contributed by atoms with Crippen molar-refractivity contribution in [3.63, 3.8) is 0 Å². The van der Waals surface area contributed by atoms with Crippen molar-refractivity contribution in [3.05, 3.63) is 29.3 Å². The lowest BCUT2D eigenvalue weighted by molar-refractivity contribution is -0.131. The quantitative estimate of drug-likeness (QED) is 0.431. The topological polar surface area (TPSA) is 26.3 Å². The molecule has 0 unspecified atom stereocenters. The Bertz CT molecular complexity index is 382. The molecule has 2 heteroatoms. The fourth-order valence-corrected chi connectivity index (χ4v) is 2.19. The van der Waals surface area contributed by atoms with Gasteiger partial charge in [0.2, 0.25) is 0 Å². The molecule has 16 heavy (non-hydrogen) atoms. The predicted molar refractivity (Wildman–Crippen MR) is 63.6 cm³/mol. The monoisotopic (exact) mass is 218 g/mol. The number of hydrogen-bond acceptors (Lipinski definition) is 2. The van der Waals surface area contributed by atoms with E-state index in [0.717, 1.165) is 17.7 Å². The number of benzene rings is 1. The molecule has 1 aromatic rings. The van der Waals surface area contributed by atoms with Gasteiger partial charge in [-0.05, 0) is 24.5 Å². The third-order valence-corrected chi connectivity index (χ3v) is 3.07. The molecule has 0 atom stereocenters. The average molecular weight is 218 g/mol. The molecule has 1 heterocycles. The number of esters is 1. The number of rotatable bonds is 5. The average Bonchev–Trinajstić information content (AvgIpc) is 2.65. The van der Waals surface area contributed by atoms with Crippen molar-refractivity contribution in [2.24, 2.45) is 0 Å². The van der Waals surface area contributed by atoms with Crippen molar-refractivity contribution in [2.75, 3.05) is 0 Å². The molecule has 1 aliphatic rings. The molecule has 2 rings (SSSR count). The predicted octanol–water partition coefficient (Wildman–Crippen LogP) is 3.27. The van der Waals surface area contributed by atoms with Crippen LogP contribution in [0.15, 0.2) is 18.2 Å².